The average Bonchev–Trinajstić information content (AvgIpc) is 3.11. The van der Waals surface area contributed by atoms with E-state index in [4.69, 9.17) is 0 Å². The number of benzene rings is 1. The maximum Gasteiger partial charge on any atom is 0.254 e. The minimum absolute atomic E-state index is 0.0838. The van der Waals surface area contributed by atoms with Crippen LogP contribution in [-0.4, -0.2) is 29.8 Å². The summed E-state index contributed by atoms with van der Waals surface area (Å²) in [6.45, 7) is 1.89. The SMILES string of the molecule is O=C(c1ccsc1)N1CCC2(CC1)Cc1ccccc1CNC2=O. The van der Waals surface area contributed by atoms with Gasteiger partial charge in [0.1, 0.15) is 0 Å². The summed E-state index contributed by atoms with van der Waals surface area (Å²) >= 11 is 1.54. The van der Waals surface area contributed by atoms with Crippen molar-refractivity contribution in [3.8, 4) is 0 Å². The van der Waals surface area contributed by atoms with Gasteiger partial charge in [0.15, 0.2) is 0 Å². The van der Waals surface area contributed by atoms with Gasteiger partial charge >= 0.3 is 0 Å². The number of carbonyl (C=O) groups is 2. The first kappa shape index (κ1) is 15.4. The zero-order chi connectivity index (χ0) is 16.6. The van der Waals surface area contributed by atoms with Crippen molar-refractivity contribution < 1.29 is 9.59 Å². The Labute approximate surface area is 145 Å². The van der Waals surface area contributed by atoms with Crippen LogP contribution in [0.2, 0.25) is 0 Å². The minimum Gasteiger partial charge on any atom is -0.352 e. The van der Waals surface area contributed by atoms with Crippen LogP contribution in [-0.2, 0) is 17.8 Å². The summed E-state index contributed by atoms with van der Waals surface area (Å²) in [5.41, 5.74) is 2.84. The summed E-state index contributed by atoms with van der Waals surface area (Å²) in [5, 5.41) is 6.91. The number of piperidine rings is 1. The van der Waals surface area contributed by atoms with E-state index in [2.05, 4.69) is 17.4 Å². The van der Waals surface area contributed by atoms with Crippen LogP contribution in [0, 0.1) is 5.41 Å². The summed E-state index contributed by atoms with van der Waals surface area (Å²) in [5.74, 6) is 0.224. The van der Waals surface area contributed by atoms with Gasteiger partial charge < -0.3 is 10.2 Å². The van der Waals surface area contributed by atoms with Crippen LogP contribution >= 0.6 is 11.3 Å². The van der Waals surface area contributed by atoms with Crippen LogP contribution < -0.4 is 5.32 Å². The molecule has 2 aliphatic rings. The van der Waals surface area contributed by atoms with E-state index in [0.717, 1.165) is 24.8 Å². The van der Waals surface area contributed by atoms with E-state index in [1.807, 2.05) is 33.9 Å². The van der Waals surface area contributed by atoms with Gasteiger partial charge in [-0.05, 0) is 41.8 Å². The number of hydrogen-bond donors (Lipinski definition) is 1. The quantitative estimate of drug-likeness (QED) is 0.868. The lowest BCUT2D eigenvalue weighted by atomic mass is 9.73. The Kier molecular flexibility index (Phi) is 3.88. The summed E-state index contributed by atoms with van der Waals surface area (Å²) in [6, 6.07) is 10.1. The molecule has 0 unspecified atom stereocenters. The van der Waals surface area contributed by atoms with Gasteiger partial charge in [-0.2, -0.15) is 11.3 Å². The van der Waals surface area contributed by atoms with Gasteiger partial charge in [-0.3, -0.25) is 9.59 Å². The van der Waals surface area contributed by atoms with Crippen molar-refractivity contribution >= 4 is 23.2 Å². The number of hydrogen-bond acceptors (Lipinski definition) is 3. The van der Waals surface area contributed by atoms with Gasteiger partial charge in [0.05, 0.1) is 11.0 Å². The molecule has 1 fully saturated rings. The largest absolute Gasteiger partial charge is 0.352 e. The molecule has 5 heteroatoms. The van der Waals surface area contributed by atoms with Gasteiger partial charge in [0, 0.05) is 25.0 Å². The summed E-state index contributed by atoms with van der Waals surface area (Å²) in [6.07, 6.45) is 2.22. The van der Waals surface area contributed by atoms with E-state index >= 15 is 0 Å². The van der Waals surface area contributed by atoms with Gasteiger partial charge in [-0.25, -0.2) is 0 Å². The number of amides is 2. The van der Waals surface area contributed by atoms with Crippen molar-refractivity contribution in [2.45, 2.75) is 25.8 Å². The first-order valence-corrected chi connectivity index (χ1v) is 9.29. The van der Waals surface area contributed by atoms with E-state index in [1.54, 1.807) is 0 Å². The number of nitrogens with zero attached hydrogens (tertiary/aromatic N) is 1. The van der Waals surface area contributed by atoms with Crippen LogP contribution in [0.4, 0.5) is 0 Å². The highest BCUT2D eigenvalue weighted by atomic mass is 32.1. The van der Waals surface area contributed by atoms with Crippen molar-refractivity contribution in [3.05, 3.63) is 57.8 Å². The van der Waals surface area contributed by atoms with Crippen LogP contribution in [0.1, 0.15) is 34.3 Å². The summed E-state index contributed by atoms with van der Waals surface area (Å²) in [7, 11) is 0. The molecule has 0 atom stereocenters. The zero-order valence-corrected chi connectivity index (χ0v) is 14.3. The molecule has 0 saturated carbocycles. The van der Waals surface area contributed by atoms with Gasteiger partial charge in [0.2, 0.25) is 5.91 Å². The lowest BCUT2D eigenvalue weighted by molar-refractivity contribution is -0.133. The Balaban J connectivity index is 1.53. The molecule has 0 radical (unpaired) electrons. The van der Waals surface area contributed by atoms with E-state index < -0.39 is 0 Å². The average molecular weight is 340 g/mol. The topological polar surface area (TPSA) is 49.4 Å². The standard InChI is InChI=1S/C19H20N2O2S/c22-17(16-5-10-24-13-16)21-8-6-19(7-9-21)11-14-3-1-2-4-15(14)12-20-18(19)23/h1-5,10,13H,6-9,11-12H2,(H,20,23). The highest BCUT2D eigenvalue weighted by Gasteiger charge is 2.43. The lowest BCUT2D eigenvalue weighted by Crippen LogP contribution is -2.50. The van der Waals surface area contributed by atoms with Crippen LogP contribution in [0.5, 0.6) is 0 Å². The zero-order valence-electron chi connectivity index (χ0n) is 13.5. The van der Waals surface area contributed by atoms with Crippen molar-refractivity contribution in [2.24, 2.45) is 5.41 Å². The fraction of sp³-hybridized carbons (Fsp3) is 0.368. The van der Waals surface area contributed by atoms with E-state index in [9.17, 15) is 9.59 Å². The number of rotatable bonds is 1. The number of carbonyl (C=O) groups excluding carboxylic acids is 2. The summed E-state index contributed by atoms with van der Waals surface area (Å²) < 4.78 is 0. The monoisotopic (exact) mass is 340 g/mol. The van der Waals surface area contributed by atoms with Crippen LogP contribution in [0.3, 0.4) is 0 Å². The Hall–Kier alpha value is -2.14. The number of nitrogens with one attached hydrogen (secondary N) is 1. The first-order valence-electron chi connectivity index (χ1n) is 8.35. The molecular formula is C19H20N2O2S. The van der Waals surface area contributed by atoms with E-state index in [1.165, 1.54) is 22.5 Å². The normalized spacial score (nSPS) is 19.5. The molecule has 1 aromatic heterocycles. The Bertz CT molecular complexity index is 761. The Morgan fingerprint density at radius 2 is 1.88 bits per heavy atom. The maximum absolute atomic E-state index is 12.8. The molecule has 2 amide bonds. The smallest absolute Gasteiger partial charge is 0.254 e. The third kappa shape index (κ3) is 2.63. The first-order chi connectivity index (χ1) is 11.7. The molecule has 3 heterocycles. The molecular weight excluding hydrogens is 320 g/mol. The van der Waals surface area contributed by atoms with Gasteiger partial charge in [-0.15, -0.1) is 0 Å². The predicted octanol–water partition coefficient (Wildman–Crippen LogP) is 2.84. The third-order valence-electron chi connectivity index (χ3n) is 5.34. The number of thiophene rings is 1. The highest BCUT2D eigenvalue weighted by molar-refractivity contribution is 7.08. The Morgan fingerprint density at radius 1 is 1.12 bits per heavy atom. The molecule has 4 nitrogen and oxygen atoms in total. The van der Waals surface area contributed by atoms with Crippen molar-refractivity contribution in [1.82, 2.24) is 10.2 Å². The van der Waals surface area contributed by atoms with Crippen molar-refractivity contribution in [1.29, 1.82) is 0 Å². The fourth-order valence-electron chi connectivity index (χ4n) is 3.82. The summed E-state index contributed by atoms with van der Waals surface area (Å²) in [4.78, 5) is 27.2. The van der Waals surface area contributed by atoms with Gasteiger partial charge in [0.25, 0.3) is 5.91 Å². The van der Waals surface area contributed by atoms with E-state index in [-0.39, 0.29) is 17.2 Å². The van der Waals surface area contributed by atoms with Crippen LogP contribution in [0.15, 0.2) is 41.1 Å². The molecule has 4 rings (SSSR count). The molecule has 1 saturated heterocycles. The second-order valence-corrected chi connectivity index (χ2v) is 7.49. The minimum atomic E-state index is -0.377. The molecule has 1 N–H and O–H groups in total. The molecule has 24 heavy (non-hydrogen) atoms. The number of likely N-dealkylation sites (tertiary alicyclic amines) is 1. The lowest BCUT2D eigenvalue weighted by Gasteiger charge is -2.40. The maximum atomic E-state index is 12.8. The second-order valence-electron chi connectivity index (χ2n) is 6.71. The van der Waals surface area contributed by atoms with Crippen LogP contribution in [0.25, 0.3) is 0 Å². The predicted molar refractivity (Wildman–Crippen MR) is 93.9 cm³/mol. The molecule has 0 bridgehead atoms. The molecule has 1 aromatic carbocycles. The van der Waals surface area contributed by atoms with E-state index in [0.29, 0.717) is 19.6 Å². The Morgan fingerprint density at radius 3 is 2.58 bits per heavy atom. The van der Waals surface area contributed by atoms with Crippen molar-refractivity contribution in [3.63, 3.8) is 0 Å². The van der Waals surface area contributed by atoms with Crippen molar-refractivity contribution in [2.75, 3.05) is 13.1 Å². The molecule has 2 aromatic rings. The molecule has 2 aliphatic heterocycles. The van der Waals surface area contributed by atoms with Gasteiger partial charge in [-0.1, -0.05) is 24.3 Å². The molecule has 0 aliphatic carbocycles. The molecule has 124 valence electrons. The highest BCUT2D eigenvalue weighted by Crippen LogP contribution is 2.38. The fourth-order valence-corrected chi connectivity index (χ4v) is 4.45. The molecule has 1 spiro atoms. The number of fused-ring (bicyclic) bond motifs is 1. The second kappa shape index (κ2) is 6.06. The third-order valence-corrected chi connectivity index (χ3v) is 6.03.